The van der Waals surface area contributed by atoms with E-state index in [0.29, 0.717) is 0 Å². The van der Waals surface area contributed by atoms with E-state index in [4.69, 9.17) is 0 Å². The molecule has 8 rings (SSSR count). The molecule has 3 aliphatic heterocycles. The fraction of sp³-hybridized carbons (Fsp3) is 0.190. The Balaban J connectivity index is 0.000000157. The number of rotatable bonds is 3. The van der Waals surface area contributed by atoms with E-state index in [-0.39, 0.29) is 12.2 Å². The van der Waals surface area contributed by atoms with Gasteiger partial charge in [0, 0.05) is 46.2 Å². The molecule has 4 aromatic rings. The van der Waals surface area contributed by atoms with Crippen LogP contribution in [0.4, 0.5) is 10.7 Å². The molecule has 1 aromatic heterocycles. The molecule has 4 aliphatic rings. The largest absolute Gasteiger partial charge is 0.387 e. The fourth-order valence-electron chi connectivity index (χ4n) is 6.28. The van der Waals surface area contributed by atoms with Crippen molar-refractivity contribution in [1.29, 1.82) is 0 Å². The molecule has 4 nitrogen and oxygen atoms in total. The van der Waals surface area contributed by atoms with Crippen molar-refractivity contribution in [2.45, 2.75) is 38.9 Å². The topological polar surface area (TPSA) is 39.3 Å². The summed E-state index contributed by atoms with van der Waals surface area (Å²) in [5.41, 5.74) is 9.92. The van der Waals surface area contributed by atoms with Crippen molar-refractivity contribution in [3.8, 4) is 0 Å². The molecule has 0 saturated heterocycles. The molecule has 47 heavy (non-hydrogen) atoms. The Kier molecular flexibility index (Phi) is 10.4. The van der Waals surface area contributed by atoms with Crippen LogP contribution in [-0.2, 0) is 0 Å². The number of nitrogens with zero attached hydrogens (tertiary/aromatic N) is 1. The number of hydrogen-bond donors (Lipinski definition) is 3. The summed E-state index contributed by atoms with van der Waals surface area (Å²) in [7, 11) is 2.14. The third kappa shape index (κ3) is 7.12. The van der Waals surface area contributed by atoms with Crippen LogP contribution in [0.1, 0.15) is 43.4 Å². The first-order valence-corrected chi connectivity index (χ1v) is 17.4. The highest BCUT2D eigenvalue weighted by atomic mass is 32.1. The van der Waals surface area contributed by atoms with E-state index in [1.165, 1.54) is 54.3 Å². The van der Waals surface area contributed by atoms with Gasteiger partial charge in [-0.1, -0.05) is 124 Å². The number of dihydropyridines is 1. The van der Waals surface area contributed by atoms with E-state index < -0.39 is 0 Å². The number of benzene rings is 3. The van der Waals surface area contributed by atoms with Crippen molar-refractivity contribution in [1.82, 2.24) is 16.0 Å². The predicted octanol–water partition coefficient (Wildman–Crippen LogP) is 9.97. The Hall–Kier alpha value is -4.84. The molecule has 4 heterocycles. The molecule has 238 valence electrons. The van der Waals surface area contributed by atoms with E-state index >= 15 is 0 Å². The normalized spacial score (nSPS) is 20.2. The Bertz CT molecular complexity index is 1900. The molecule has 0 spiro atoms. The summed E-state index contributed by atoms with van der Waals surface area (Å²) < 4.78 is 1.32. The lowest BCUT2D eigenvalue weighted by Crippen LogP contribution is -2.51. The molecule has 1 aliphatic carbocycles. The predicted molar refractivity (Wildman–Crippen MR) is 206 cm³/mol. The second-order valence-corrected chi connectivity index (χ2v) is 12.6. The summed E-state index contributed by atoms with van der Waals surface area (Å²) >= 11 is 1.84. The van der Waals surface area contributed by atoms with Crippen molar-refractivity contribution in [2.24, 2.45) is 0 Å². The zero-order chi connectivity index (χ0) is 32.6. The summed E-state index contributed by atoms with van der Waals surface area (Å²) in [6, 6.07) is 27.9. The van der Waals surface area contributed by atoms with E-state index in [1.807, 2.05) is 31.4 Å². The number of thiophene rings is 1. The standard InChI is InChI=1S/C21H23N3.C19H15NS.C2H6/c1-3-7-16(8-4-1)19-15-20(17-9-5-2-6-10-17)24-21(23-19)18-11-13-22-14-12-18;1-13-11-12-16-15-8-4-6-10-18(15)21-19(16)20(2)17-9-5-3-7-14(13)17;1-2/h1-5,7-9,11-13,15,20-24H,6,10,14H2;3-12H,1H2,2H3;1-2H3/b;12-11-;. The average molecular weight is 637 g/mol. The number of allylic oxidation sites excluding steroid dienone is 5. The molecule has 0 bridgehead atoms. The highest BCUT2D eigenvalue weighted by molar-refractivity contribution is 7.23. The monoisotopic (exact) mass is 636 g/mol. The Morgan fingerprint density at radius 3 is 2.47 bits per heavy atom. The van der Waals surface area contributed by atoms with Crippen molar-refractivity contribution in [3.63, 3.8) is 0 Å². The Labute approximate surface area is 283 Å². The smallest absolute Gasteiger partial charge is 0.104 e. The van der Waals surface area contributed by atoms with Crippen LogP contribution in [0, 0.1) is 0 Å². The first kappa shape index (κ1) is 32.1. The van der Waals surface area contributed by atoms with Crippen LogP contribution in [-0.4, -0.2) is 25.8 Å². The van der Waals surface area contributed by atoms with Crippen molar-refractivity contribution < 1.29 is 0 Å². The van der Waals surface area contributed by atoms with Crippen molar-refractivity contribution in [2.75, 3.05) is 18.5 Å². The quantitative estimate of drug-likeness (QED) is 0.209. The lowest BCUT2D eigenvalue weighted by molar-refractivity contribution is 0.491. The third-order valence-electron chi connectivity index (χ3n) is 8.67. The Morgan fingerprint density at radius 1 is 0.894 bits per heavy atom. The van der Waals surface area contributed by atoms with Gasteiger partial charge in [-0.15, -0.1) is 11.3 Å². The molecule has 3 aromatic carbocycles. The van der Waals surface area contributed by atoms with Crippen LogP contribution in [0.3, 0.4) is 0 Å². The van der Waals surface area contributed by atoms with Gasteiger partial charge in [0.1, 0.15) is 11.2 Å². The molecule has 0 fully saturated rings. The minimum atomic E-state index is 0.125. The minimum Gasteiger partial charge on any atom is -0.387 e. The molecular formula is C42H44N4S. The van der Waals surface area contributed by atoms with Crippen LogP contribution in [0.15, 0.2) is 145 Å². The molecular weight excluding hydrogens is 593 g/mol. The van der Waals surface area contributed by atoms with Gasteiger partial charge < -0.3 is 15.5 Å². The summed E-state index contributed by atoms with van der Waals surface area (Å²) in [5, 5.41) is 13.2. The zero-order valence-corrected chi connectivity index (χ0v) is 28.4. The second-order valence-electron chi connectivity index (χ2n) is 11.6. The van der Waals surface area contributed by atoms with E-state index in [2.05, 4.69) is 162 Å². The molecule has 0 saturated carbocycles. The molecule has 5 heteroatoms. The van der Waals surface area contributed by atoms with Gasteiger partial charge in [-0.2, -0.15) is 0 Å². The number of nitrogens with one attached hydrogen (secondary N) is 3. The lowest BCUT2D eigenvalue weighted by atomic mass is 9.93. The maximum atomic E-state index is 4.22. The van der Waals surface area contributed by atoms with Gasteiger partial charge in [-0.25, -0.2) is 0 Å². The van der Waals surface area contributed by atoms with Crippen LogP contribution >= 0.6 is 11.3 Å². The highest BCUT2D eigenvalue weighted by Gasteiger charge is 2.26. The van der Waals surface area contributed by atoms with Gasteiger partial charge in [0.2, 0.25) is 0 Å². The van der Waals surface area contributed by atoms with Gasteiger partial charge in [-0.05, 0) is 65.6 Å². The molecule has 0 radical (unpaired) electrons. The summed E-state index contributed by atoms with van der Waals surface area (Å²) in [5.74, 6) is 0. The third-order valence-corrected chi connectivity index (χ3v) is 9.94. The van der Waals surface area contributed by atoms with Gasteiger partial charge >= 0.3 is 0 Å². The Morgan fingerprint density at radius 2 is 1.68 bits per heavy atom. The fourth-order valence-corrected chi connectivity index (χ4v) is 7.44. The average Bonchev–Trinajstić information content (AvgIpc) is 3.53. The molecule has 2 atom stereocenters. The van der Waals surface area contributed by atoms with E-state index in [1.54, 1.807) is 0 Å². The molecule has 0 amide bonds. The number of anilines is 2. The van der Waals surface area contributed by atoms with Crippen LogP contribution in [0.2, 0.25) is 0 Å². The SMILES string of the molecule is C1=CCCC(C2C=C(c3ccccc3)NC(C3=CCNC=C3)N2)=C1.C=C1/C=C\c2c(sc3ccccc23)N(C)c2ccccc21.CC. The second kappa shape index (κ2) is 15.2. The number of hydrogen-bond acceptors (Lipinski definition) is 5. The van der Waals surface area contributed by atoms with E-state index in [0.717, 1.165) is 25.0 Å². The van der Waals surface area contributed by atoms with Crippen LogP contribution in [0.25, 0.3) is 27.4 Å². The van der Waals surface area contributed by atoms with Gasteiger partial charge in [0.25, 0.3) is 0 Å². The number of para-hydroxylation sites is 1. The maximum Gasteiger partial charge on any atom is 0.104 e. The first-order chi connectivity index (χ1) is 23.2. The summed E-state index contributed by atoms with van der Waals surface area (Å²) in [6.45, 7) is 9.10. The van der Waals surface area contributed by atoms with Crippen molar-refractivity contribution >= 4 is 49.5 Å². The summed E-state index contributed by atoms with van der Waals surface area (Å²) in [6.07, 6.45) is 22.1. The first-order valence-electron chi connectivity index (χ1n) is 16.6. The minimum absolute atomic E-state index is 0.125. The van der Waals surface area contributed by atoms with Crippen LogP contribution in [0.5, 0.6) is 0 Å². The molecule has 3 N–H and O–H groups in total. The summed E-state index contributed by atoms with van der Waals surface area (Å²) in [4.78, 5) is 2.28. The lowest BCUT2D eigenvalue weighted by Gasteiger charge is -2.35. The van der Waals surface area contributed by atoms with Gasteiger partial charge in [-0.3, -0.25) is 5.32 Å². The van der Waals surface area contributed by atoms with Gasteiger partial charge in [0.15, 0.2) is 0 Å². The zero-order valence-electron chi connectivity index (χ0n) is 27.5. The van der Waals surface area contributed by atoms with Crippen molar-refractivity contribution in [3.05, 3.63) is 162 Å². The maximum absolute atomic E-state index is 4.22. The molecule has 2 unspecified atom stereocenters. The van der Waals surface area contributed by atoms with E-state index in [9.17, 15) is 0 Å². The number of fused-ring (bicyclic) bond motifs is 4. The van der Waals surface area contributed by atoms with Gasteiger partial charge in [0.05, 0.1) is 6.04 Å². The van der Waals surface area contributed by atoms with Crippen LogP contribution < -0.4 is 20.9 Å². The highest BCUT2D eigenvalue weighted by Crippen LogP contribution is 2.44.